The van der Waals surface area contributed by atoms with Gasteiger partial charge >= 0.3 is 5.97 Å². The smallest absolute Gasteiger partial charge is 0.337 e. The Morgan fingerprint density at radius 1 is 1.30 bits per heavy atom. The van der Waals surface area contributed by atoms with Crippen LogP contribution in [-0.2, 0) is 0 Å². The first-order valence-electron chi connectivity index (χ1n) is 8.53. The molecular formula is C17H24ClN3O2. The summed E-state index contributed by atoms with van der Waals surface area (Å²) in [7, 11) is 0. The molecule has 0 bridgehead atoms. The third kappa shape index (κ3) is 3.96. The van der Waals surface area contributed by atoms with Crippen LogP contribution in [0.15, 0.2) is 12.3 Å². The van der Waals surface area contributed by atoms with Gasteiger partial charge in [-0.3, -0.25) is 4.90 Å². The molecule has 2 aliphatic rings. The quantitative estimate of drug-likeness (QED) is 0.858. The summed E-state index contributed by atoms with van der Waals surface area (Å²) >= 11 is 6.14. The molecule has 3 rings (SSSR count). The first-order valence-corrected chi connectivity index (χ1v) is 8.91. The molecule has 1 saturated carbocycles. The average Bonchev–Trinajstić information content (AvgIpc) is 3.03. The van der Waals surface area contributed by atoms with E-state index in [1.807, 2.05) is 0 Å². The van der Waals surface area contributed by atoms with Gasteiger partial charge in [0, 0.05) is 24.8 Å². The van der Waals surface area contributed by atoms with Gasteiger partial charge in [0.1, 0.15) is 5.82 Å². The summed E-state index contributed by atoms with van der Waals surface area (Å²) in [5.41, 5.74) is 0.116. The molecule has 1 atom stereocenters. The molecule has 6 heteroatoms. The van der Waals surface area contributed by atoms with Crippen LogP contribution >= 0.6 is 11.6 Å². The van der Waals surface area contributed by atoms with E-state index in [4.69, 9.17) is 16.7 Å². The molecule has 0 amide bonds. The molecule has 1 aliphatic carbocycles. The van der Waals surface area contributed by atoms with E-state index in [1.165, 1.54) is 63.8 Å². The lowest BCUT2D eigenvalue weighted by atomic mass is 9.94. The highest BCUT2D eigenvalue weighted by atomic mass is 35.5. The van der Waals surface area contributed by atoms with Crippen LogP contribution in [0.4, 0.5) is 5.82 Å². The molecule has 1 aliphatic heterocycles. The van der Waals surface area contributed by atoms with E-state index in [2.05, 4.69) is 15.2 Å². The number of aromatic nitrogens is 1. The molecule has 2 heterocycles. The Balaban J connectivity index is 1.59. The largest absolute Gasteiger partial charge is 0.478 e. The molecule has 1 aromatic heterocycles. The molecule has 23 heavy (non-hydrogen) atoms. The molecular weight excluding hydrogens is 314 g/mol. The maximum atomic E-state index is 10.9. The fourth-order valence-electron chi connectivity index (χ4n) is 3.87. The van der Waals surface area contributed by atoms with E-state index in [-0.39, 0.29) is 5.56 Å². The summed E-state index contributed by atoms with van der Waals surface area (Å²) in [6.45, 7) is 2.01. The number of pyridine rings is 1. The molecule has 5 nitrogen and oxygen atoms in total. The van der Waals surface area contributed by atoms with E-state index in [1.54, 1.807) is 0 Å². The van der Waals surface area contributed by atoms with Crippen molar-refractivity contribution in [3.05, 3.63) is 22.8 Å². The number of rotatable bonds is 5. The van der Waals surface area contributed by atoms with Gasteiger partial charge in [-0.15, -0.1) is 0 Å². The van der Waals surface area contributed by atoms with Gasteiger partial charge in [0.2, 0.25) is 0 Å². The van der Waals surface area contributed by atoms with Crippen LogP contribution in [0, 0.1) is 0 Å². The Hall–Kier alpha value is -1.33. The van der Waals surface area contributed by atoms with Gasteiger partial charge in [-0.1, -0.05) is 30.9 Å². The lowest BCUT2D eigenvalue weighted by Gasteiger charge is -2.35. The van der Waals surface area contributed by atoms with Crippen molar-refractivity contribution in [1.29, 1.82) is 0 Å². The highest BCUT2D eigenvalue weighted by Crippen LogP contribution is 2.29. The van der Waals surface area contributed by atoms with Crippen molar-refractivity contribution in [1.82, 2.24) is 9.88 Å². The molecule has 2 N–H and O–H groups in total. The van der Waals surface area contributed by atoms with Crippen molar-refractivity contribution in [2.24, 2.45) is 0 Å². The predicted octanol–water partition coefficient (Wildman–Crippen LogP) is 3.64. The SMILES string of the molecule is O=C(O)c1cnc(NCC2CCCN2C2CCCCC2)c(Cl)c1. The maximum Gasteiger partial charge on any atom is 0.337 e. The first-order chi connectivity index (χ1) is 11.1. The molecule has 0 aromatic carbocycles. The number of hydrogen-bond acceptors (Lipinski definition) is 4. The fourth-order valence-corrected chi connectivity index (χ4v) is 4.10. The maximum absolute atomic E-state index is 10.9. The highest BCUT2D eigenvalue weighted by molar-refractivity contribution is 6.33. The molecule has 2 fully saturated rings. The Labute approximate surface area is 142 Å². The normalized spacial score (nSPS) is 23.1. The molecule has 1 unspecified atom stereocenters. The van der Waals surface area contributed by atoms with Crippen molar-refractivity contribution < 1.29 is 9.90 Å². The van der Waals surface area contributed by atoms with Crippen molar-refractivity contribution in [3.8, 4) is 0 Å². The van der Waals surface area contributed by atoms with Crippen molar-refractivity contribution in [2.45, 2.75) is 57.0 Å². The third-order valence-corrected chi connectivity index (χ3v) is 5.35. The Morgan fingerprint density at radius 3 is 2.78 bits per heavy atom. The summed E-state index contributed by atoms with van der Waals surface area (Å²) in [5.74, 6) is -0.433. The summed E-state index contributed by atoms with van der Waals surface area (Å²) in [4.78, 5) is 17.7. The van der Waals surface area contributed by atoms with Crippen molar-refractivity contribution in [3.63, 3.8) is 0 Å². The summed E-state index contributed by atoms with van der Waals surface area (Å²) in [5, 5.41) is 12.6. The van der Waals surface area contributed by atoms with Gasteiger partial charge in [0.25, 0.3) is 0 Å². The number of anilines is 1. The minimum absolute atomic E-state index is 0.116. The number of hydrogen-bond donors (Lipinski definition) is 2. The van der Waals surface area contributed by atoms with Crippen LogP contribution in [0.25, 0.3) is 0 Å². The van der Waals surface area contributed by atoms with Gasteiger partial charge in [-0.05, 0) is 38.3 Å². The van der Waals surface area contributed by atoms with Gasteiger partial charge in [0.05, 0.1) is 10.6 Å². The van der Waals surface area contributed by atoms with Gasteiger partial charge < -0.3 is 10.4 Å². The second kappa shape index (κ2) is 7.49. The van der Waals surface area contributed by atoms with Gasteiger partial charge in [-0.2, -0.15) is 0 Å². The lowest BCUT2D eigenvalue weighted by Crippen LogP contribution is -2.43. The van der Waals surface area contributed by atoms with Crippen LogP contribution in [0.2, 0.25) is 5.02 Å². The molecule has 126 valence electrons. The highest BCUT2D eigenvalue weighted by Gasteiger charge is 2.31. The second-order valence-corrected chi connectivity index (χ2v) is 6.97. The minimum Gasteiger partial charge on any atom is -0.478 e. The molecule has 1 saturated heterocycles. The van der Waals surface area contributed by atoms with E-state index >= 15 is 0 Å². The molecule has 0 spiro atoms. The first kappa shape index (κ1) is 16.5. The van der Waals surface area contributed by atoms with Gasteiger partial charge in [-0.25, -0.2) is 9.78 Å². The Morgan fingerprint density at radius 2 is 2.09 bits per heavy atom. The summed E-state index contributed by atoms with van der Waals surface area (Å²) in [6, 6.07) is 2.71. The molecule has 1 aromatic rings. The van der Waals surface area contributed by atoms with Crippen LogP contribution in [0.1, 0.15) is 55.3 Å². The third-order valence-electron chi connectivity index (χ3n) is 5.06. The van der Waals surface area contributed by atoms with Crippen molar-refractivity contribution >= 4 is 23.4 Å². The zero-order chi connectivity index (χ0) is 16.2. The number of nitrogens with one attached hydrogen (secondary N) is 1. The number of aromatic carboxylic acids is 1. The van der Waals surface area contributed by atoms with Crippen LogP contribution in [0.5, 0.6) is 0 Å². The summed E-state index contributed by atoms with van der Waals surface area (Å²) in [6.07, 6.45) is 10.5. The zero-order valence-electron chi connectivity index (χ0n) is 13.3. The number of nitrogens with zero attached hydrogens (tertiary/aromatic N) is 2. The second-order valence-electron chi connectivity index (χ2n) is 6.57. The standard InChI is InChI=1S/C17H24ClN3O2/c18-15-9-12(17(22)23)10-19-16(15)20-11-14-7-4-8-21(14)13-5-2-1-3-6-13/h9-10,13-14H,1-8,11H2,(H,19,20)(H,22,23). The van der Waals surface area contributed by atoms with E-state index in [0.29, 0.717) is 16.9 Å². The number of carboxylic acids is 1. The Kier molecular flexibility index (Phi) is 5.38. The Bertz CT molecular complexity index is 561. The van der Waals surface area contributed by atoms with Crippen LogP contribution < -0.4 is 5.32 Å². The van der Waals surface area contributed by atoms with Crippen LogP contribution in [-0.4, -0.2) is 46.1 Å². The van der Waals surface area contributed by atoms with Gasteiger partial charge in [0.15, 0.2) is 0 Å². The molecule has 0 radical (unpaired) electrons. The lowest BCUT2D eigenvalue weighted by molar-refractivity contribution is 0.0696. The number of likely N-dealkylation sites (tertiary alicyclic amines) is 1. The van der Waals surface area contributed by atoms with Crippen LogP contribution in [0.3, 0.4) is 0 Å². The average molecular weight is 338 g/mol. The van der Waals surface area contributed by atoms with E-state index in [0.717, 1.165) is 12.6 Å². The summed E-state index contributed by atoms with van der Waals surface area (Å²) < 4.78 is 0. The number of carbonyl (C=O) groups is 1. The van der Waals surface area contributed by atoms with E-state index in [9.17, 15) is 4.79 Å². The number of halogens is 1. The topological polar surface area (TPSA) is 65.5 Å². The zero-order valence-corrected chi connectivity index (χ0v) is 14.1. The predicted molar refractivity (Wildman–Crippen MR) is 91.3 cm³/mol. The minimum atomic E-state index is -1.01. The monoisotopic (exact) mass is 337 g/mol. The fraction of sp³-hybridized carbons (Fsp3) is 0.647. The number of carboxylic acid groups (broad SMARTS) is 1. The van der Waals surface area contributed by atoms with Crippen molar-refractivity contribution in [2.75, 3.05) is 18.4 Å². The van der Waals surface area contributed by atoms with E-state index < -0.39 is 5.97 Å².